The van der Waals surface area contributed by atoms with Gasteiger partial charge in [0.15, 0.2) is 4.80 Å². The Morgan fingerprint density at radius 3 is 2.44 bits per heavy atom. The molecule has 0 bridgehead atoms. The molecule has 2 heterocycles. The summed E-state index contributed by atoms with van der Waals surface area (Å²) in [6, 6.07) is 16.3. The average molecular weight is 694 g/mol. The van der Waals surface area contributed by atoms with Crippen LogP contribution in [0.25, 0.3) is 6.08 Å². The van der Waals surface area contributed by atoms with Gasteiger partial charge in [-0.05, 0) is 83.4 Å². The number of aromatic carboxylic acids is 1. The van der Waals surface area contributed by atoms with Crippen LogP contribution >= 0.6 is 27.3 Å². The highest BCUT2D eigenvalue weighted by Crippen LogP contribution is 2.37. The zero-order chi connectivity index (χ0) is 32.2. The standard InChI is InChI=1S/C33H29BrN2O8S/c1-5-43-32(40)28-18(2)35-33-36(29(28)23-12-11-22(41-3)16-26(23)42-4)30(37)27(45-33)15-20-8-13-25(24(34)14-20)44-17-19-6-9-21(10-7-19)31(38)39/h6-16,29H,5,17H2,1-4H3,(H,38,39)/b27-15+/t29-/m1/s1. The molecule has 1 aliphatic heterocycles. The van der Waals surface area contributed by atoms with E-state index in [0.29, 0.717) is 42.3 Å². The third kappa shape index (κ3) is 6.57. The lowest BCUT2D eigenvalue weighted by atomic mass is 9.95. The molecule has 10 nitrogen and oxygen atoms in total. The van der Waals surface area contributed by atoms with E-state index >= 15 is 0 Å². The fraction of sp³-hybridized carbons (Fsp3) is 0.212. The van der Waals surface area contributed by atoms with Crippen LogP contribution in [0.3, 0.4) is 0 Å². The van der Waals surface area contributed by atoms with Crippen molar-refractivity contribution in [3.63, 3.8) is 0 Å². The Morgan fingerprint density at radius 2 is 1.80 bits per heavy atom. The number of thiazole rings is 1. The number of carboxylic acid groups (broad SMARTS) is 1. The maximum atomic E-state index is 14.0. The lowest BCUT2D eigenvalue weighted by molar-refractivity contribution is -0.139. The number of rotatable bonds is 10. The predicted octanol–water partition coefficient (Wildman–Crippen LogP) is 4.86. The number of carbonyl (C=O) groups excluding carboxylic acids is 1. The van der Waals surface area contributed by atoms with Crippen molar-refractivity contribution < 1.29 is 33.6 Å². The average Bonchev–Trinajstić information content (AvgIpc) is 3.33. The summed E-state index contributed by atoms with van der Waals surface area (Å²) < 4.78 is 24.9. The molecular weight excluding hydrogens is 664 g/mol. The van der Waals surface area contributed by atoms with Gasteiger partial charge < -0.3 is 24.1 Å². The lowest BCUT2D eigenvalue weighted by Gasteiger charge is -2.26. The second kappa shape index (κ2) is 13.5. The van der Waals surface area contributed by atoms with E-state index in [1.54, 1.807) is 63.4 Å². The molecule has 0 fully saturated rings. The second-order valence-electron chi connectivity index (χ2n) is 9.89. The van der Waals surface area contributed by atoms with Gasteiger partial charge in [-0.3, -0.25) is 9.36 Å². The molecule has 0 saturated carbocycles. The van der Waals surface area contributed by atoms with Gasteiger partial charge in [-0.2, -0.15) is 0 Å². The van der Waals surface area contributed by atoms with E-state index in [4.69, 9.17) is 24.1 Å². The van der Waals surface area contributed by atoms with Gasteiger partial charge in [0, 0.05) is 11.6 Å². The number of allylic oxidation sites excluding steroid dienone is 1. The third-order valence-electron chi connectivity index (χ3n) is 7.10. The van der Waals surface area contributed by atoms with Gasteiger partial charge in [0.1, 0.15) is 29.9 Å². The van der Waals surface area contributed by atoms with Gasteiger partial charge in [0.25, 0.3) is 5.56 Å². The molecule has 4 aromatic rings. The summed E-state index contributed by atoms with van der Waals surface area (Å²) in [6.45, 7) is 3.85. The van der Waals surface area contributed by atoms with Crippen LogP contribution in [-0.2, 0) is 16.1 Å². The number of fused-ring (bicyclic) bond motifs is 1. The van der Waals surface area contributed by atoms with E-state index in [1.807, 2.05) is 12.1 Å². The van der Waals surface area contributed by atoms with E-state index in [0.717, 1.165) is 11.1 Å². The molecular formula is C33H29BrN2O8S. The first-order valence-corrected chi connectivity index (χ1v) is 15.4. The Morgan fingerprint density at radius 1 is 1.04 bits per heavy atom. The minimum atomic E-state index is -0.987. The summed E-state index contributed by atoms with van der Waals surface area (Å²) in [5, 5.41) is 9.09. The van der Waals surface area contributed by atoms with E-state index in [2.05, 4.69) is 20.9 Å². The van der Waals surface area contributed by atoms with Gasteiger partial charge >= 0.3 is 11.9 Å². The largest absolute Gasteiger partial charge is 0.497 e. The lowest BCUT2D eigenvalue weighted by Crippen LogP contribution is -2.40. The van der Waals surface area contributed by atoms with Crippen molar-refractivity contribution in [2.45, 2.75) is 26.5 Å². The molecule has 0 radical (unpaired) electrons. The first-order chi connectivity index (χ1) is 21.6. The highest BCUT2D eigenvalue weighted by Gasteiger charge is 2.35. The fourth-order valence-corrected chi connectivity index (χ4v) is 6.47. The van der Waals surface area contributed by atoms with E-state index in [-0.39, 0.29) is 29.9 Å². The molecule has 0 spiro atoms. The molecule has 0 amide bonds. The summed E-state index contributed by atoms with van der Waals surface area (Å²) in [4.78, 5) is 43.4. The van der Waals surface area contributed by atoms with Crippen LogP contribution in [0.5, 0.6) is 17.2 Å². The molecule has 1 aliphatic rings. The second-order valence-corrected chi connectivity index (χ2v) is 11.8. The Kier molecular flexibility index (Phi) is 9.54. The molecule has 45 heavy (non-hydrogen) atoms. The zero-order valence-corrected chi connectivity index (χ0v) is 27.2. The smallest absolute Gasteiger partial charge is 0.338 e. The minimum absolute atomic E-state index is 0.165. The summed E-state index contributed by atoms with van der Waals surface area (Å²) in [5.74, 6) is 0.0440. The summed E-state index contributed by atoms with van der Waals surface area (Å²) in [6.07, 6.45) is 1.76. The number of carboxylic acids is 1. The molecule has 3 aromatic carbocycles. The van der Waals surface area contributed by atoms with Crippen LogP contribution in [0.4, 0.5) is 0 Å². The topological polar surface area (TPSA) is 126 Å². The monoisotopic (exact) mass is 692 g/mol. The molecule has 0 unspecified atom stereocenters. The number of nitrogens with zero attached hydrogens (tertiary/aromatic N) is 2. The number of aromatic nitrogens is 1. The highest BCUT2D eigenvalue weighted by molar-refractivity contribution is 9.10. The van der Waals surface area contributed by atoms with E-state index in [1.165, 1.54) is 35.1 Å². The molecule has 12 heteroatoms. The zero-order valence-electron chi connectivity index (χ0n) is 24.8. The van der Waals surface area contributed by atoms with Crippen molar-refractivity contribution in [2.24, 2.45) is 4.99 Å². The minimum Gasteiger partial charge on any atom is -0.497 e. The highest BCUT2D eigenvalue weighted by atomic mass is 79.9. The number of carbonyl (C=O) groups is 2. The Bertz CT molecular complexity index is 2000. The maximum Gasteiger partial charge on any atom is 0.338 e. The van der Waals surface area contributed by atoms with Crippen LogP contribution in [0.15, 0.2) is 86.2 Å². The fourth-order valence-electron chi connectivity index (χ4n) is 4.91. The quantitative estimate of drug-likeness (QED) is 0.234. The summed E-state index contributed by atoms with van der Waals surface area (Å²) in [7, 11) is 3.06. The molecule has 0 saturated heterocycles. The number of ether oxygens (including phenoxy) is 4. The van der Waals surface area contributed by atoms with Crippen molar-refractivity contribution in [2.75, 3.05) is 20.8 Å². The number of benzene rings is 3. The van der Waals surface area contributed by atoms with Crippen LogP contribution < -0.4 is 29.1 Å². The SMILES string of the molecule is CCOC(=O)C1=C(C)N=c2s/c(=C/c3ccc(OCc4ccc(C(=O)O)cc4)c(Br)c3)c(=O)n2[C@@H]1c1ccc(OC)cc1OC. The molecule has 232 valence electrons. The number of halogens is 1. The summed E-state index contributed by atoms with van der Waals surface area (Å²) >= 11 is 4.77. The van der Waals surface area contributed by atoms with Crippen molar-refractivity contribution in [1.29, 1.82) is 0 Å². The predicted molar refractivity (Wildman–Crippen MR) is 172 cm³/mol. The van der Waals surface area contributed by atoms with Crippen LogP contribution in [-0.4, -0.2) is 42.4 Å². The van der Waals surface area contributed by atoms with Crippen LogP contribution in [0, 0.1) is 0 Å². The van der Waals surface area contributed by atoms with E-state index in [9.17, 15) is 14.4 Å². The van der Waals surface area contributed by atoms with E-state index < -0.39 is 18.0 Å². The molecule has 5 rings (SSSR count). The molecule has 1 aromatic heterocycles. The molecule has 0 aliphatic carbocycles. The Hall–Kier alpha value is -4.68. The third-order valence-corrected chi connectivity index (χ3v) is 8.70. The first-order valence-electron chi connectivity index (χ1n) is 13.8. The molecule has 1 atom stereocenters. The Balaban J connectivity index is 1.52. The van der Waals surface area contributed by atoms with Crippen LogP contribution in [0.2, 0.25) is 0 Å². The van der Waals surface area contributed by atoms with Crippen molar-refractivity contribution in [1.82, 2.24) is 4.57 Å². The van der Waals surface area contributed by atoms with Gasteiger partial charge in [-0.15, -0.1) is 0 Å². The Labute approximate surface area is 270 Å². The number of methoxy groups -OCH3 is 2. The van der Waals surface area contributed by atoms with Gasteiger partial charge in [-0.1, -0.05) is 29.5 Å². The van der Waals surface area contributed by atoms with Crippen molar-refractivity contribution in [3.8, 4) is 17.2 Å². The number of hydrogen-bond acceptors (Lipinski definition) is 9. The number of hydrogen-bond donors (Lipinski definition) is 1. The van der Waals surface area contributed by atoms with Gasteiger partial charge in [0.05, 0.1) is 46.7 Å². The van der Waals surface area contributed by atoms with Gasteiger partial charge in [0.2, 0.25) is 0 Å². The van der Waals surface area contributed by atoms with Gasteiger partial charge in [-0.25, -0.2) is 14.6 Å². The van der Waals surface area contributed by atoms with Crippen molar-refractivity contribution in [3.05, 3.63) is 118 Å². The maximum absolute atomic E-state index is 14.0. The first kappa shape index (κ1) is 31.7. The molecule has 1 N–H and O–H groups in total. The van der Waals surface area contributed by atoms with Crippen LogP contribution in [0.1, 0.15) is 46.9 Å². The number of esters is 1. The van der Waals surface area contributed by atoms with Crippen molar-refractivity contribution >= 4 is 45.3 Å². The normalized spacial score (nSPS) is 14.4. The summed E-state index contributed by atoms with van der Waals surface area (Å²) in [5.41, 5.74) is 2.73.